The SMILES string of the molecule is CCCCC(N)C(=O)N(C)Cc1ccc(OC(F)F)cc1. The summed E-state index contributed by atoms with van der Waals surface area (Å²) in [7, 11) is 1.68. The van der Waals surface area contributed by atoms with Gasteiger partial charge in [0.05, 0.1) is 6.04 Å². The summed E-state index contributed by atoms with van der Waals surface area (Å²) >= 11 is 0. The van der Waals surface area contributed by atoms with Crippen LogP contribution in [0.25, 0.3) is 0 Å². The highest BCUT2D eigenvalue weighted by molar-refractivity contribution is 5.81. The quantitative estimate of drug-likeness (QED) is 0.803. The number of likely N-dealkylation sites (N-methyl/N-ethyl adjacent to an activating group) is 1. The highest BCUT2D eigenvalue weighted by Crippen LogP contribution is 2.16. The van der Waals surface area contributed by atoms with Crippen molar-refractivity contribution in [3.8, 4) is 5.75 Å². The Morgan fingerprint density at radius 2 is 1.95 bits per heavy atom. The van der Waals surface area contributed by atoms with Gasteiger partial charge in [0.15, 0.2) is 0 Å². The van der Waals surface area contributed by atoms with E-state index in [0.29, 0.717) is 13.0 Å². The Morgan fingerprint density at radius 3 is 2.48 bits per heavy atom. The van der Waals surface area contributed by atoms with Crippen LogP contribution >= 0.6 is 0 Å². The van der Waals surface area contributed by atoms with E-state index in [9.17, 15) is 13.6 Å². The third-order valence-electron chi connectivity index (χ3n) is 3.13. The van der Waals surface area contributed by atoms with Crippen LogP contribution in [0.2, 0.25) is 0 Å². The molecule has 1 rings (SSSR count). The number of hydrogen-bond donors (Lipinski definition) is 1. The molecule has 0 fully saturated rings. The summed E-state index contributed by atoms with van der Waals surface area (Å²) in [5, 5.41) is 0. The standard InChI is InChI=1S/C15H22F2N2O2/c1-3-4-5-13(18)14(20)19(2)10-11-6-8-12(9-7-11)21-15(16)17/h6-9,13,15H,3-5,10,18H2,1-2H3. The molecule has 2 N–H and O–H groups in total. The summed E-state index contributed by atoms with van der Waals surface area (Å²) in [5.41, 5.74) is 6.67. The third kappa shape index (κ3) is 6.08. The van der Waals surface area contributed by atoms with Crippen LogP contribution in [0.3, 0.4) is 0 Å². The average molecular weight is 300 g/mol. The first-order chi connectivity index (χ1) is 9.93. The van der Waals surface area contributed by atoms with Crippen LogP contribution < -0.4 is 10.5 Å². The Kier molecular flexibility index (Phi) is 7.08. The maximum atomic E-state index is 12.0. The normalized spacial score (nSPS) is 12.3. The molecular formula is C15H22F2N2O2. The largest absolute Gasteiger partial charge is 0.435 e. The molecule has 0 saturated heterocycles. The number of benzene rings is 1. The number of carbonyl (C=O) groups is 1. The van der Waals surface area contributed by atoms with Gasteiger partial charge in [-0.1, -0.05) is 31.9 Å². The van der Waals surface area contributed by atoms with Crippen LogP contribution in [0, 0.1) is 0 Å². The molecule has 0 aliphatic heterocycles. The number of nitrogens with zero attached hydrogens (tertiary/aromatic N) is 1. The van der Waals surface area contributed by atoms with Gasteiger partial charge in [0.25, 0.3) is 0 Å². The molecule has 1 aromatic carbocycles. The van der Waals surface area contributed by atoms with Crippen molar-refractivity contribution in [1.29, 1.82) is 0 Å². The minimum atomic E-state index is -2.84. The third-order valence-corrected chi connectivity index (χ3v) is 3.13. The van der Waals surface area contributed by atoms with E-state index >= 15 is 0 Å². The summed E-state index contributed by atoms with van der Waals surface area (Å²) in [6.45, 7) is -0.408. The molecule has 0 saturated carbocycles. The predicted octanol–water partition coefficient (Wildman–Crippen LogP) is 2.76. The molecule has 0 spiro atoms. The van der Waals surface area contributed by atoms with Crippen LogP contribution in [0.15, 0.2) is 24.3 Å². The minimum Gasteiger partial charge on any atom is -0.435 e. The van der Waals surface area contributed by atoms with Gasteiger partial charge >= 0.3 is 6.61 Å². The van der Waals surface area contributed by atoms with Gasteiger partial charge in [-0.3, -0.25) is 4.79 Å². The van der Waals surface area contributed by atoms with E-state index in [1.165, 1.54) is 12.1 Å². The van der Waals surface area contributed by atoms with Gasteiger partial charge in [-0.15, -0.1) is 0 Å². The molecule has 1 amide bonds. The zero-order valence-electron chi connectivity index (χ0n) is 12.4. The van der Waals surface area contributed by atoms with Crippen LogP contribution in [-0.4, -0.2) is 30.5 Å². The Hall–Kier alpha value is -1.69. The molecule has 0 aliphatic rings. The van der Waals surface area contributed by atoms with E-state index in [1.54, 1.807) is 24.1 Å². The first-order valence-electron chi connectivity index (χ1n) is 6.98. The molecule has 4 nitrogen and oxygen atoms in total. The summed E-state index contributed by atoms with van der Waals surface area (Å²) < 4.78 is 28.3. The second kappa shape index (κ2) is 8.56. The Morgan fingerprint density at radius 1 is 1.33 bits per heavy atom. The molecule has 1 atom stereocenters. The van der Waals surface area contributed by atoms with Gasteiger partial charge in [-0.25, -0.2) is 0 Å². The van der Waals surface area contributed by atoms with E-state index in [4.69, 9.17) is 5.73 Å². The zero-order chi connectivity index (χ0) is 15.8. The number of hydrogen-bond acceptors (Lipinski definition) is 3. The smallest absolute Gasteiger partial charge is 0.387 e. The van der Waals surface area contributed by atoms with E-state index in [0.717, 1.165) is 18.4 Å². The average Bonchev–Trinajstić information content (AvgIpc) is 2.45. The Bertz CT molecular complexity index is 438. The molecule has 6 heteroatoms. The fourth-order valence-electron chi connectivity index (χ4n) is 1.96. The van der Waals surface area contributed by atoms with Gasteiger partial charge in [-0.05, 0) is 24.1 Å². The Balaban J connectivity index is 2.53. The fraction of sp³-hybridized carbons (Fsp3) is 0.533. The number of unbranched alkanes of at least 4 members (excludes halogenated alkanes) is 1. The van der Waals surface area contributed by atoms with Crippen molar-refractivity contribution in [3.63, 3.8) is 0 Å². The Labute approximate surface area is 123 Å². The van der Waals surface area contributed by atoms with Crippen molar-refractivity contribution < 1.29 is 18.3 Å². The molecule has 0 aliphatic carbocycles. The van der Waals surface area contributed by atoms with E-state index in [1.807, 2.05) is 6.92 Å². The van der Waals surface area contributed by atoms with Gasteiger partial charge in [0.1, 0.15) is 5.75 Å². The van der Waals surface area contributed by atoms with E-state index < -0.39 is 12.7 Å². The number of alkyl halides is 2. The molecule has 0 aromatic heterocycles. The summed E-state index contributed by atoms with van der Waals surface area (Å²) in [6, 6.07) is 5.72. The van der Waals surface area contributed by atoms with Crippen LogP contribution in [0.5, 0.6) is 5.75 Å². The lowest BCUT2D eigenvalue weighted by Crippen LogP contribution is -2.41. The minimum absolute atomic E-state index is 0.0994. The topological polar surface area (TPSA) is 55.6 Å². The zero-order valence-corrected chi connectivity index (χ0v) is 12.4. The molecule has 21 heavy (non-hydrogen) atoms. The molecular weight excluding hydrogens is 278 g/mol. The van der Waals surface area contributed by atoms with Crippen molar-refractivity contribution in [2.75, 3.05) is 7.05 Å². The molecule has 1 unspecified atom stereocenters. The summed E-state index contributed by atoms with van der Waals surface area (Å²) in [6.07, 6.45) is 2.58. The van der Waals surface area contributed by atoms with Crippen LogP contribution in [-0.2, 0) is 11.3 Å². The lowest BCUT2D eigenvalue weighted by Gasteiger charge is -2.21. The fourth-order valence-corrected chi connectivity index (χ4v) is 1.96. The lowest BCUT2D eigenvalue weighted by molar-refractivity contribution is -0.132. The van der Waals surface area contributed by atoms with Gasteiger partial charge < -0.3 is 15.4 Å². The van der Waals surface area contributed by atoms with Crippen molar-refractivity contribution in [3.05, 3.63) is 29.8 Å². The summed E-state index contributed by atoms with van der Waals surface area (Å²) in [5.74, 6) is -0.0151. The highest BCUT2D eigenvalue weighted by atomic mass is 19.3. The second-order valence-corrected chi connectivity index (χ2v) is 4.97. The number of ether oxygens (including phenoxy) is 1. The number of rotatable bonds is 8. The molecule has 1 aromatic rings. The van der Waals surface area contributed by atoms with Crippen molar-refractivity contribution >= 4 is 5.91 Å². The van der Waals surface area contributed by atoms with Gasteiger partial charge in [0.2, 0.25) is 5.91 Å². The number of amides is 1. The highest BCUT2D eigenvalue weighted by Gasteiger charge is 2.17. The second-order valence-electron chi connectivity index (χ2n) is 4.97. The van der Waals surface area contributed by atoms with E-state index in [2.05, 4.69) is 4.74 Å². The first-order valence-corrected chi connectivity index (χ1v) is 6.98. The lowest BCUT2D eigenvalue weighted by atomic mass is 10.1. The number of halogens is 2. The van der Waals surface area contributed by atoms with Crippen LogP contribution in [0.1, 0.15) is 31.7 Å². The summed E-state index contributed by atoms with van der Waals surface area (Å²) in [4.78, 5) is 13.6. The van der Waals surface area contributed by atoms with Crippen molar-refractivity contribution in [2.45, 2.75) is 45.4 Å². The molecule has 118 valence electrons. The van der Waals surface area contributed by atoms with Crippen LogP contribution in [0.4, 0.5) is 8.78 Å². The first kappa shape index (κ1) is 17.4. The maximum Gasteiger partial charge on any atom is 0.387 e. The predicted molar refractivity (Wildman–Crippen MR) is 77.0 cm³/mol. The van der Waals surface area contributed by atoms with E-state index in [-0.39, 0.29) is 11.7 Å². The monoisotopic (exact) mass is 300 g/mol. The number of nitrogens with two attached hydrogens (primary N) is 1. The van der Waals surface area contributed by atoms with Gasteiger partial charge in [-0.2, -0.15) is 8.78 Å². The molecule has 0 bridgehead atoms. The van der Waals surface area contributed by atoms with Crippen molar-refractivity contribution in [1.82, 2.24) is 4.90 Å². The van der Waals surface area contributed by atoms with Gasteiger partial charge in [0, 0.05) is 13.6 Å². The number of carbonyl (C=O) groups excluding carboxylic acids is 1. The van der Waals surface area contributed by atoms with Crippen molar-refractivity contribution in [2.24, 2.45) is 5.73 Å². The molecule has 0 radical (unpaired) electrons. The molecule has 0 heterocycles. The maximum absolute atomic E-state index is 12.0.